The average Bonchev–Trinajstić information content (AvgIpc) is 2.74. The molecular formula is C12H15NO3. The van der Waals surface area contributed by atoms with Gasteiger partial charge in [0.1, 0.15) is 5.75 Å². The fourth-order valence-corrected chi connectivity index (χ4v) is 2.07. The van der Waals surface area contributed by atoms with Crippen LogP contribution in [0.4, 0.5) is 5.69 Å². The highest BCUT2D eigenvalue weighted by atomic mass is 16.4. The Morgan fingerprint density at radius 1 is 1.31 bits per heavy atom. The second-order valence-corrected chi connectivity index (χ2v) is 4.16. The molecule has 1 aromatic carbocycles. The van der Waals surface area contributed by atoms with Gasteiger partial charge in [-0.15, -0.1) is 0 Å². The first-order chi connectivity index (χ1) is 7.59. The van der Waals surface area contributed by atoms with Gasteiger partial charge in [-0.05, 0) is 37.5 Å². The maximum absolute atomic E-state index is 11.1. The number of anilines is 1. The molecule has 16 heavy (non-hydrogen) atoms. The van der Waals surface area contributed by atoms with Crippen LogP contribution in [0, 0.1) is 6.92 Å². The molecule has 0 spiro atoms. The molecule has 0 aliphatic carbocycles. The van der Waals surface area contributed by atoms with Gasteiger partial charge in [-0.3, -0.25) is 0 Å². The van der Waals surface area contributed by atoms with E-state index in [0.29, 0.717) is 5.56 Å². The summed E-state index contributed by atoms with van der Waals surface area (Å²) in [5.41, 5.74) is 1.62. The van der Waals surface area contributed by atoms with Crippen LogP contribution >= 0.6 is 0 Å². The zero-order chi connectivity index (χ0) is 11.7. The third kappa shape index (κ3) is 1.83. The molecule has 1 aliphatic rings. The van der Waals surface area contributed by atoms with E-state index in [4.69, 9.17) is 5.11 Å². The van der Waals surface area contributed by atoms with Gasteiger partial charge in [-0.2, -0.15) is 0 Å². The number of hydrogen-bond acceptors (Lipinski definition) is 3. The molecule has 1 aliphatic heterocycles. The van der Waals surface area contributed by atoms with E-state index in [1.165, 1.54) is 6.07 Å². The van der Waals surface area contributed by atoms with E-state index < -0.39 is 5.97 Å². The molecule has 4 heteroatoms. The lowest BCUT2D eigenvalue weighted by Crippen LogP contribution is -2.20. The lowest BCUT2D eigenvalue weighted by Gasteiger charge is -2.20. The molecular weight excluding hydrogens is 206 g/mol. The van der Waals surface area contributed by atoms with Gasteiger partial charge >= 0.3 is 5.97 Å². The standard InChI is InChI=1S/C12H15NO3/c1-8-6-10(13-4-2-3-5-13)9(12(15)16)7-11(8)14/h6-7,14H,2-5H2,1H3,(H,15,16). The molecule has 1 saturated heterocycles. The number of carboxylic acids is 1. The summed E-state index contributed by atoms with van der Waals surface area (Å²) in [5.74, 6) is -0.947. The number of carbonyl (C=O) groups is 1. The first-order valence-electron chi connectivity index (χ1n) is 5.41. The predicted molar refractivity (Wildman–Crippen MR) is 61.3 cm³/mol. The minimum atomic E-state index is -0.989. The molecule has 0 aromatic heterocycles. The monoisotopic (exact) mass is 221 g/mol. The Morgan fingerprint density at radius 3 is 2.50 bits per heavy atom. The molecule has 1 heterocycles. The second-order valence-electron chi connectivity index (χ2n) is 4.16. The van der Waals surface area contributed by atoms with Crippen molar-refractivity contribution in [2.45, 2.75) is 19.8 Å². The topological polar surface area (TPSA) is 60.8 Å². The highest BCUT2D eigenvalue weighted by Crippen LogP contribution is 2.30. The zero-order valence-electron chi connectivity index (χ0n) is 9.23. The van der Waals surface area contributed by atoms with Gasteiger partial charge in [0.2, 0.25) is 0 Å². The molecule has 4 nitrogen and oxygen atoms in total. The number of rotatable bonds is 2. The number of aromatic hydroxyl groups is 1. The van der Waals surface area contributed by atoms with Crippen LogP contribution in [0.2, 0.25) is 0 Å². The molecule has 0 saturated carbocycles. The SMILES string of the molecule is Cc1cc(N2CCCC2)c(C(=O)O)cc1O. The first-order valence-corrected chi connectivity index (χ1v) is 5.41. The van der Waals surface area contributed by atoms with Crippen LogP contribution in [0.3, 0.4) is 0 Å². The average molecular weight is 221 g/mol. The van der Waals surface area contributed by atoms with Gasteiger partial charge in [0.25, 0.3) is 0 Å². The summed E-state index contributed by atoms with van der Waals surface area (Å²) in [7, 11) is 0. The van der Waals surface area contributed by atoms with Crippen LogP contribution in [0.5, 0.6) is 5.75 Å². The lowest BCUT2D eigenvalue weighted by molar-refractivity contribution is 0.0697. The number of nitrogens with zero attached hydrogens (tertiary/aromatic N) is 1. The van der Waals surface area contributed by atoms with Crippen molar-refractivity contribution in [3.8, 4) is 5.75 Å². The van der Waals surface area contributed by atoms with E-state index in [0.717, 1.165) is 31.6 Å². The van der Waals surface area contributed by atoms with Crippen molar-refractivity contribution in [2.75, 3.05) is 18.0 Å². The van der Waals surface area contributed by atoms with Crippen molar-refractivity contribution in [3.05, 3.63) is 23.3 Å². The second kappa shape index (κ2) is 4.04. The van der Waals surface area contributed by atoms with E-state index in [-0.39, 0.29) is 11.3 Å². The quantitative estimate of drug-likeness (QED) is 0.801. The Kier molecular flexibility index (Phi) is 2.73. The number of phenols is 1. The summed E-state index contributed by atoms with van der Waals surface area (Å²) < 4.78 is 0. The van der Waals surface area contributed by atoms with Crippen LogP contribution in [0.15, 0.2) is 12.1 Å². The molecule has 0 unspecified atom stereocenters. The zero-order valence-corrected chi connectivity index (χ0v) is 9.23. The van der Waals surface area contributed by atoms with Gasteiger partial charge in [0.15, 0.2) is 0 Å². The van der Waals surface area contributed by atoms with Gasteiger partial charge in [0.05, 0.1) is 11.3 Å². The molecule has 86 valence electrons. The molecule has 2 rings (SSSR count). The van der Waals surface area contributed by atoms with Crippen LogP contribution in [-0.4, -0.2) is 29.3 Å². The van der Waals surface area contributed by atoms with Crippen molar-refractivity contribution in [1.29, 1.82) is 0 Å². The number of aromatic carboxylic acids is 1. The number of benzene rings is 1. The Bertz CT molecular complexity index is 423. The van der Waals surface area contributed by atoms with E-state index in [9.17, 15) is 9.90 Å². The summed E-state index contributed by atoms with van der Waals surface area (Å²) in [6.45, 7) is 3.57. The van der Waals surface area contributed by atoms with Gasteiger partial charge in [0, 0.05) is 13.1 Å². The third-order valence-corrected chi connectivity index (χ3v) is 2.99. The maximum Gasteiger partial charge on any atom is 0.337 e. The molecule has 2 N–H and O–H groups in total. The summed E-state index contributed by atoms with van der Waals surface area (Å²) in [5, 5.41) is 18.6. The van der Waals surface area contributed by atoms with Crippen LogP contribution in [-0.2, 0) is 0 Å². The Balaban J connectivity index is 2.48. The fourth-order valence-electron chi connectivity index (χ4n) is 2.07. The van der Waals surface area contributed by atoms with E-state index >= 15 is 0 Å². The minimum Gasteiger partial charge on any atom is -0.508 e. The smallest absolute Gasteiger partial charge is 0.337 e. The number of carboxylic acid groups (broad SMARTS) is 1. The van der Waals surface area contributed by atoms with Crippen LogP contribution < -0.4 is 4.90 Å². The number of aryl methyl sites for hydroxylation is 1. The number of phenolic OH excluding ortho intramolecular Hbond substituents is 1. The Hall–Kier alpha value is -1.71. The highest BCUT2D eigenvalue weighted by molar-refractivity contribution is 5.95. The van der Waals surface area contributed by atoms with E-state index in [2.05, 4.69) is 4.90 Å². The van der Waals surface area contributed by atoms with E-state index in [1.807, 2.05) is 0 Å². The summed E-state index contributed by atoms with van der Waals surface area (Å²) in [6, 6.07) is 3.09. The maximum atomic E-state index is 11.1. The summed E-state index contributed by atoms with van der Waals surface area (Å²) in [4.78, 5) is 13.2. The third-order valence-electron chi connectivity index (χ3n) is 2.99. The molecule has 0 radical (unpaired) electrons. The Morgan fingerprint density at radius 2 is 1.94 bits per heavy atom. The van der Waals surface area contributed by atoms with Crippen molar-refractivity contribution in [3.63, 3.8) is 0 Å². The van der Waals surface area contributed by atoms with Gasteiger partial charge in [-0.25, -0.2) is 4.79 Å². The molecule has 0 amide bonds. The van der Waals surface area contributed by atoms with Crippen LogP contribution in [0.1, 0.15) is 28.8 Å². The molecule has 1 aromatic rings. The van der Waals surface area contributed by atoms with E-state index in [1.54, 1.807) is 13.0 Å². The normalized spacial score (nSPS) is 15.4. The molecule has 0 bridgehead atoms. The van der Waals surface area contributed by atoms with Crippen molar-refractivity contribution in [2.24, 2.45) is 0 Å². The van der Waals surface area contributed by atoms with Crippen molar-refractivity contribution >= 4 is 11.7 Å². The Labute approximate surface area is 94.1 Å². The summed E-state index contributed by atoms with van der Waals surface area (Å²) in [6.07, 6.45) is 2.19. The lowest BCUT2D eigenvalue weighted by atomic mass is 10.1. The minimum absolute atomic E-state index is 0.0420. The highest BCUT2D eigenvalue weighted by Gasteiger charge is 2.20. The largest absolute Gasteiger partial charge is 0.508 e. The van der Waals surface area contributed by atoms with Crippen molar-refractivity contribution in [1.82, 2.24) is 0 Å². The fraction of sp³-hybridized carbons (Fsp3) is 0.417. The first kappa shape index (κ1) is 10.8. The predicted octanol–water partition coefficient (Wildman–Crippen LogP) is 2.00. The number of hydrogen-bond donors (Lipinski definition) is 2. The summed E-state index contributed by atoms with van der Waals surface area (Å²) >= 11 is 0. The van der Waals surface area contributed by atoms with Crippen LogP contribution in [0.25, 0.3) is 0 Å². The van der Waals surface area contributed by atoms with Gasteiger partial charge in [-0.1, -0.05) is 0 Å². The molecule has 0 atom stereocenters. The molecule has 1 fully saturated rings. The van der Waals surface area contributed by atoms with Gasteiger partial charge < -0.3 is 15.1 Å². The van der Waals surface area contributed by atoms with Crippen molar-refractivity contribution < 1.29 is 15.0 Å².